The molecule has 1 saturated carbocycles. The second kappa shape index (κ2) is 11.1. The standard InChI is InChI=1S/C20H25ClN4O2S.HI/c1-22-20(23-13-12-15-2-6-17(21)7-3-15)24-14-16-4-10-19(11-5-16)28(26,27)25-18-8-9-18;/h2-7,10-11,18,25H,8-9,12-14H2,1H3,(H2,22,23,24);1H. The highest BCUT2D eigenvalue weighted by molar-refractivity contribution is 14.0. The minimum atomic E-state index is -3.41. The topological polar surface area (TPSA) is 82.6 Å². The average molecular weight is 549 g/mol. The number of benzene rings is 2. The number of nitrogens with zero attached hydrogens (tertiary/aromatic N) is 1. The first-order chi connectivity index (χ1) is 13.5. The van der Waals surface area contributed by atoms with Gasteiger partial charge in [0.15, 0.2) is 5.96 Å². The number of nitrogens with one attached hydrogen (secondary N) is 3. The summed E-state index contributed by atoms with van der Waals surface area (Å²) < 4.78 is 27.1. The van der Waals surface area contributed by atoms with Crippen LogP contribution < -0.4 is 15.4 Å². The van der Waals surface area contributed by atoms with Gasteiger partial charge in [0.25, 0.3) is 0 Å². The lowest BCUT2D eigenvalue weighted by atomic mass is 10.1. The molecule has 0 heterocycles. The molecule has 6 nitrogen and oxygen atoms in total. The smallest absolute Gasteiger partial charge is 0.240 e. The number of aliphatic imine (C=N–C) groups is 1. The lowest BCUT2D eigenvalue weighted by Gasteiger charge is -2.12. The van der Waals surface area contributed by atoms with E-state index in [1.54, 1.807) is 19.2 Å². The van der Waals surface area contributed by atoms with Crippen molar-refractivity contribution in [2.24, 2.45) is 4.99 Å². The highest BCUT2D eigenvalue weighted by Crippen LogP contribution is 2.22. The third-order valence-electron chi connectivity index (χ3n) is 4.44. The minimum absolute atomic E-state index is 0. The van der Waals surface area contributed by atoms with Gasteiger partial charge < -0.3 is 10.6 Å². The predicted molar refractivity (Wildman–Crippen MR) is 129 cm³/mol. The molecule has 3 N–H and O–H groups in total. The second-order valence-electron chi connectivity index (χ2n) is 6.77. The van der Waals surface area contributed by atoms with Crippen molar-refractivity contribution in [1.82, 2.24) is 15.4 Å². The van der Waals surface area contributed by atoms with Crippen LogP contribution in [0.4, 0.5) is 0 Å². The van der Waals surface area contributed by atoms with Gasteiger partial charge in [-0.05, 0) is 54.7 Å². The molecular weight excluding hydrogens is 523 g/mol. The zero-order valence-corrected chi connectivity index (χ0v) is 20.1. The minimum Gasteiger partial charge on any atom is -0.356 e. The summed E-state index contributed by atoms with van der Waals surface area (Å²) in [5.41, 5.74) is 2.18. The molecule has 0 saturated heterocycles. The predicted octanol–water partition coefficient (Wildman–Crippen LogP) is 3.31. The lowest BCUT2D eigenvalue weighted by molar-refractivity contribution is 0.581. The van der Waals surface area contributed by atoms with Gasteiger partial charge in [-0.25, -0.2) is 13.1 Å². The van der Waals surface area contributed by atoms with Crippen LogP contribution in [0.15, 0.2) is 58.4 Å². The Hall–Kier alpha value is -1.36. The Labute approximate surface area is 194 Å². The molecule has 0 spiro atoms. The molecule has 1 aliphatic rings. The molecule has 0 amide bonds. The zero-order valence-electron chi connectivity index (χ0n) is 16.2. The van der Waals surface area contributed by atoms with E-state index in [1.165, 1.54) is 5.56 Å². The maximum Gasteiger partial charge on any atom is 0.240 e. The van der Waals surface area contributed by atoms with Gasteiger partial charge in [-0.1, -0.05) is 35.9 Å². The van der Waals surface area contributed by atoms with Gasteiger partial charge in [-0.15, -0.1) is 24.0 Å². The van der Waals surface area contributed by atoms with Crippen LogP contribution in [0.3, 0.4) is 0 Å². The number of hydrogen-bond donors (Lipinski definition) is 3. The van der Waals surface area contributed by atoms with E-state index in [0.29, 0.717) is 17.4 Å². The van der Waals surface area contributed by atoms with E-state index in [0.717, 1.165) is 36.4 Å². The van der Waals surface area contributed by atoms with E-state index >= 15 is 0 Å². The molecule has 2 aromatic rings. The largest absolute Gasteiger partial charge is 0.356 e. The maximum atomic E-state index is 12.2. The van der Waals surface area contributed by atoms with Gasteiger partial charge in [0.05, 0.1) is 4.90 Å². The van der Waals surface area contributed by atoms with Gasteiger partial charge in [0.1, 0.15) is 0 Å². The Morgan fingerprint density at radius 2 is 1.66 bits per heavy atom. The fourth-order valence-corrected chi connectivity index (χ4v) is 4.09. The highest BCUT2D eigenvalue weighted by Gasteiger charge is 2.27. The number of rotatable bonds is 8. The monoisotopic (exact) mass is 548 g/mol. The number of hydrogen-bond acceptors (Lipinski definition) is 3. The molecule has 0 unspecified atom stereocenters. The molecule has 1 fully saturated rings. The van der Waals surface area contributed by atoms with E-state index in [9.17, 15) is 8.42 Å². The van der Waals surface area contributed by atoms with Crippen LogP contribution in [0, 0.1) is 0 Å². The first-order valence-corrected chi connectivity index (χ1v) is 11.1. The summed E-state index contributed by atoms with van der Waals surface area (Å²) in [6.07, 6.45) is 2.70. The van der Waals surface area contributed by atoms with Gasteiger partial charge in [0, 0.05) is 31.2 Å². The van der Waals surface area contributed by atoms with Crippen LogP contribution in [-0.4, -0.2) is 34.0 Å². The van der Waals surface area contributed by atoms with Crippen LogP contribution in [0.25, 0.3) is 0 Å². The summed E-state index contributed by atoms with van der Waals surface area (Å²) in [6, 6.07) is 14.8. The normalized spacial score (nSPS) is 14.2. The molecule has 0 atom stereocenters. The summed E-state index contributed by atoms with van der Waals surface area (Å²) >= 11 is 5.90. The molecule has 158 valence electrons. The maximum absolute atomic E-state index is 12.2. The second-order valence-corrected chi connectivity index (χ2v) is 8.92. The van der Waals surface area contributed by atoms with E-state index in [-0.39, 0.29) is 30.0 Å². The van der Waals surface area contributed by atoms with Gasteiger partial charge >= 0.3 is 0 Å². The molecule has 3 rings (SSSR count). The molecule has 0 aromatic heterocycles. The summed E-state index contributed by atoms with van der Waals surface area (Å²) in [5.74, 6) is 0.695. The SMILES string of the molecule is CN=C(NCCc1ccc(Cl)cc1)NCc1ccc(S(=O)(=O)NC2CC2)cc1.I. The number of guanidine groups is 1. The Morgan fingerprint density at radius 1 is 1.03 bits per heavy atom. The molecule has 9 heteroatoms. The van der Waals surface area contributed by atoms with Crippen molar-refractivity contribution in [2.45, 2.75) is 36.7 Å². The van der Waals surface area contributed by atoms with Crippen LogP contribution in [0.5, 0.6) is 0 Å². The third-order valence-corrected chi connectivity index (χ3v) is 6.22. The fraction of sp³-hybridized carbons (Fsp3) is 0.350. The summed E-state index contributed by atoms with van der Waals surface area (Å²) in [7, 11) is -1.69. The Kier molecular flexibility index (Phi) is 9.19. The summed E-state index contributed by atoms with van der Waals surface area (Å²) in [4.78, 5) is 4.51. The zero-order chi connectivity index (χ0) is 20.0. The van der Waals surface area contributed by atoms with Crippen molar-refractivity contribution in [3.05, 3.63) is 64.7 Å². The van der Waals surface area contributed by atoms with Crippen molar-refractivity contribution in [3.8, 4) is 0 Å². The van der Waals surface area contributed by atoms with Crippen molar-refractivity contribution < 1.29 is 8.42 Å². The van der Waals surface area contributed by atoms with Crippen LogP contribution in [-0.2, 0) is 23.0 Å². The van der Waals surface area contributed by atoms with E-state index in [1.807, 2.05) is 36.4 Å². The van der Waals surface area contributed by atoms with E-state index in [2.05, 4.69) is 20.3 Å². The molecule has 0 aliphatic heterocycles. The first-order valence-electron chi connectivity index (χ1n) is 9.26. The van der Waals surface area contributed by atoms with E-state index < -0.39 is 10.0 Å². The van der Waals surface area contributed by atoms with Crippen LogP contribution in [0.1, 0.15) is 24.0 Å². The van der Waals surface area contributed by atoms with Gasteiger partial charge in [-0.3, -0.25) is 4.99 Å². The van der Waals surface area contributed by atoms with Crippen molar-refractivity contribution in [1.29, 1.82) is 0 Å². The van der Waals surface area contributed by atoms with E-state index in [4.69, 9.17) is 11.6 Å². The molecule has 2 aromatic carbocycles. The van der Waals surface area contributed by atoms with Crippen LogP contribution in [0.2, 0.25) is 5.02 Å². The first kappa shape index (κ1) is 23.9. The quantitative estimate of drug-likeness (QED) is 0.269. The molecule has 29 heavy (non-hydrogen) atoms. The number of halogens is 2. The van der Waals surface area contributed by atoms with Crippen molar-refractivity contribution in [3.63, 3.8) is 0 Å². The highest BCUT2D eigenvalue weighted by atomic mass is 127. The third kappa shape index (κ3) is 7.76. The lowest BCUT2D eigenvalue weighted by Crippen LogP contribution is -2.37. The van der Waals surface area contributed by atoms with Gasteiger partial charge in [0.2, 0.25) is 10.0 Å². The average Bonchev–Trinajstić information content (AvgIpc) is 3.49. The van der Waals surface area contributed by atoms with Crippen molar-refractivity contribution in [2.75, 3.05) is 13.6 Å². The summed E-state index contributed by atoms with van der Waals surface area (Å²) in [6.45, 7) is 1.29. The molecular formula is C20H26ClIN4O2S. The molecule has 0 radical (unpaired) electrons. The Bertz CT molecular complexity index is 915. The van der Waals surface area contributed by atoms with Crippen molar-refractivity contribution >= 4 is 51.6 Å². The number of sulfonamides is 1. The molecule has 0 bridgehead atoms. The van der Waals surface area contributed by atoms with Gasteiger partial charge in [-0.2, -0.15) is 0 Å². The summed E-state index contributed by atoms with van der Waals surface area (Å²) in [5, 5.41) is 7.23. The Balaban J connectivity index is 0.00000300. The molecule has 1 aliphatic carbocycles. The fourth-order valence-electron chi connectivity index (χ4n) is 2.66. The Morgan fingerprint density at radius 3 is 2.24 bits per heavy atom. The van der Waals surface area contributed by atoms with Crippen LogP contribution >= 0.6 is 35.6 Å².